The minimum absolute atomic E-state index is 0.0739. The molecule has 0 N–H and O–H groups in total. The Kier molecular flexibility index (Phi) is 5.58. The molecule has 0 aromatic heterocycles. The summed E-state index contributed by atoms with van der Waals surface area (Å²) < 4.78 is 0. The Bertz CT molecular complexity index is 1070. The van der Waals surface area contributed by atoms with E-state index in [0.717, 1.165) is 0 Å². The zero-order valence-electron chi connectivity index (χ0n) is 19.6. The molecule has 31 heavy (non-hydrogen) atoms. The Morgan fingerprint density at radius 3 is 1.03 bits per heavy atom. The lowest BCUT2D eigenvalue weighted by atomic mass is 9.74. The molecule has 4 rings (SSSR count). The molecule has 0 nitrogen and oxygen atoms in total. The summed E-state index contributed by atoms with van der Waals surface area (Å²) >= 11 is 0. The summed E-state index contributed by atoms with van der Waals surface area (Å²) in [5, 5.41) is 0. The van der Waals surface area contributed by atoms with Crippen LogP contribution in [0.15, 0.2) is 84.9 Å². The predicted molar refractivity (Wildman–Crippen MR) is 135 cm³/mol. The van der Waals surface area contributed by atoms with Crippen molar-refractivity contribution in [3.63, 3.8) is 0 Å². The zero-order valence-corrected chi connectivity index (χ0v) is 19.6. The summed E-state index contributed by atoms with van der Waals surface area (Å²) in [4.78, 5) is 0. The molecule has 0 atom stereocenters. The maximum atomic E-state index is 2.38. The van der Waals surface area contributed by atoms with Crippen LogP contribution in [0.25, 0.3) is 22.3 Å². The highest BCUT2D eigenvalue weighted by Gasteiger charge is 2.26. The van der Waals surface area contributed by atoms with Crippen molar-refractivity contribution in [3.8, 4) is 22.3 Å². The van der Waals surface area contributed by atoms with E-state index in [1.54, 1.807) is 0 Å². The van der Waals surface area contributed by atoms with E-state index in [4.69, 9.17) is 0 Å². The highest BCUT2D eigenvalue weighted by Crippen LogP contribution is 2.39. The molecule has 4 aromatic carbocycles. The molecule has 0 fully saturated rings. The molecule has 0 saturated carbocycles. The lowest BCUT2D eigenvalue weighted by Gasteiger charge is -2.29. The summed E-state index contributed by atoms with van der Waals surface area (Å²) in [5.41, 5.74) is 13.3. The standard InChI is InChI=1S/C31H32/c1-21-17-27(18-22(2)29(21)25-13-9-7-10-14-25)31(5,6)28-19-23(3)30(24(4)20-28)26-15-11-8-12-16-26/h7-20H,1-6H3. The van der Waals surface area contributed by atoms with E-state index in [1.165, 1.54) is 55.6 Å². The first-order valence-corrected chi connectivity index (χ1v) is 11.1. The molecule has 0 radical (unpaired) electrons. The maximum Gasteiger partial charge on any atom is 0.0146 e. The van der Waals surface area contributed by atoms with Crippen LogP contribution in [0.3, 0.4) is 0 Å². The van der Waals surface area contributed by atoms with E-state index in [0.29, 0.717) is 0 Å². The van der Waals surface area contributed by atoms with E-state index < -0.39 is 0 Å². The molecule has 0 spiro atoms. The van der Waals surface area contributed by atoms with Crippen LogP contribution in [0.4, 0.5) is 0 Å². The van der Waals surface area contributed by atoms with E-state index >= 15 is 0 Å². The van der Waals surface area contributed by atoms with Gasteiger partial charge in [-0.3, -0.25) is 0 Å². The van der Waals surface area contributed by atoms with Gasteiger partial charge in [-0.1, -0.05) is 98.8 Å². The van der Waals surface area contributed by atoms with Crippen molar-refractivity contribution < 1.29 is 0 Å². The molecule has 0 bridgehead atoms. The van der Waals surface area contributed by atoms with Gasteiger partial charge < -0.3 is 0 Å². The lowest BCUT2D eigenvalue weighted by molar-refractivity contribution is 0.638. The summed E-state index contributed by atoms with van der Waals surface area (Å²) in [6, 6.07) is 31.0. The van der Waals surface area contributed by atoms with Gasteiger partial charge in [0.1, 0.15) is 0 Å². The first-order chi connectivity index (χ1) is 14.8. The summed E-state index contributed by atoms with van der Waals surface area (Å²) in [5.74, 6) is 0. The van der Waals surface area contributed by atoms with Gasteiger partial charge in [0.15, 0.2) is 0 Å². The van der Waals surface area contributed by atoms with Crippen LogP contribution in [0.5, 0.6) is 0 Å². The van der Waals surface area contributed by atoms with Crippen molar-refractivity contribution in [1.82, 2.24) is 0 Å². The van der Waals surface area contributed by atoms with Crippen LogP contribution in [-0.2, 0) is 5.41 Å². The molecule has 0 amide bonds. The first kappa shape index (κ1) is 21.1. The molecule has 0 saturated heterocycles. The van der Waals surface area contributed by atoms with Crippen molar-refractivity contribution in [2.45, 2.75) is 47.0 Å². The minimum Gasteiger partial charge on any atom is -0.0622 e. The monoisotopic (exact) mass is 404 g/mol. The summed E-state index contributed by atoms with van der Waals surface area (Å²) in [7, 11) is 0. The Balaban J connectivity index is 1.79. The largest absolute Gasteiger partial charge is 0.0622 e. The average molecular weight is 405 g/mol. The van der Waals surface area contributed by atoms with Crippen molar-refractivity contribution in [2.24, 2.45) is 0 Å². The second-order valence-corrected chi connectivity index (χ2v) is 9.33. The third kappa shape index (κ3) is 3.95. The topological polar surface area (TPSA) is 0 Å². The highest BCUT2D eigenvalue weighted by molar-refractivity contribution is 5.73. The SMILES string of the molecule is Cc1cc(C(C)(C)c2cc(C)c(-c3ccccc3)c(C)c2)cc(C)c1-c1ccccc1. The van der Waals surface area contributed by atoms with Crippen LogP contribution in [0.2, 0.25) is 0 Å². The molecule has 0 aliphatic rings. The maximum absolute atomic E-state index is 2.38. The Labute approximate surface area is 187 Å². The van der Waals surface area contributed by atoms with Crippen LogP contribution >= 0.6 is 0 Å². The van der Waals surface area contributed by atoms with Gasteiger partial charge in [-0.15, -0.1) is 0 Å². The van der Waals surface area contributed by atoms with Crippen LogP contribution < -0.4 is 0 Å². The molecular formula is C31H32. The van der Waals surface area contributed by atoms with Crippen LogP contribution in [0.1, 0.15) is 47.2 Å². The fourth-order valence-electron chi connectivity index (χ4n) is 4.94. The molecule has 0 heteroatoms. The van der Waals surface area contributed by atoms with Crippen molar-refractivity contribution in [2.75, 3.05) is 0 Å². The second kappa shape index (κ2) is 8.19. The second-order valence-electron chi connectivity index (χ2n) is 9.33. The van der Waals surface area contributed by atoms with Crippen LogP contribution in [-0.4, -0.2) is 0 Å². The summed E-state index contributed by atoms with van der Waals surface area (Å²) in [6.07, 6.45) is 0. The lowest BCUT2D eigenvalue weighted by Crippen LogP contribution is -2.20. The number of rotatable bonds is 4. The Hall–Kier alpha value is -3.12. The van der Waals surface area contributed by atoms with E-state index in [1.807, 2.05) is 0 Å². The fourth-order valence-corrected chi connectivity index (χ4v) is 4.94. The Morgan fingerprint density at radius 2 is 0.742 bits per heavy atom. The van der Waals surface area contributed by atoms with Crippen molar-refractivity contribution in [3.05, 3.63) is 118 Å². The molecular weight excluding hydrogens is 372 g/mol. The normalized spacial score (nSPS) is 11.5. The van der Waals surface area contributed by atoms with Crippen LogP contribution in [0, 0.1) is 27.7 Å². The number of aryl methyl sites for hydroxylation is 4. The molecule has 156 valence electrons. The predicted octanol–water partition coefficient (Wildman–Crippen LogP) is 8.58. The van der Waals surface area contributed by atoms with Gasteiger partial charge in [-0.25, -0.2) is 0 Å². The van der Waals surface area contributed by atoms with Crippen molar-refractivity contribution >= 4 is 0 Å². The molecule has 0 aliphatic heterocycles. The third-order valence-corrected chi connectivity index (χ3v) is 6.63. The van der Waals surface area contributed by atoms with Gasteiger partial charge in [0, 0.05) is 5.41 Å². The van der Waals surface area contributed by atoms with Gasteiger partial charge in [0.25, 0.3) is 0 Å². The van der Waals surface area contributed by atoms with Gasteiger partial charge in [0.05, 0.1) is 0 Å². The van der Waals surface area contributed by atoms with Gasteiger partial charge in [-0.05, 0) is 83.3 Å². The third-order valence-electron chi connectivity index (χ3n) is 6.63. The average Bonchev–Trinajstić information content (AvgIpc) is 2.74. The van der Waals surface area contributed by atoms with E-state index in [-0.39, 0.29) is 5.41 Å². The molecule has 4 aromatic rings. The van der Waals surface area contributed by atoms with Gasteiger partial charge in [0.2, 0.25) is 0 Å². The smallest absolute Gasteiger partial charge is 0.0146 e. The highest BCUT2D eigenvalue weighted by atomic mass is 14.3. The van der Waals surface area contributed by atoms with Crippen molar-refractivity contribution in [1.29, 1.82) is 0 Å². The van der Waals surface area contributed by atoms with E-state index in [2.05, 4.69) is 126 Å². The fraction of sp³-hybridized carbons (Fsp3) is 0.226. The Morgan fingerprint density at radius 1 is 0.452 bits per heavy atom. The van der Waals surface area contributed by atoms with E-state index in [9.17, 15) is 0 Å². The first-order valence-electron chi connectivity index (χ1n) is 11.1. The number of hydrogen-bond donors (Lipinski definition) is 0. The zero-order chi connectivity index (χ0) is 22.2. The summed E-state index contributed by atoms with van der Waals surface area (Å²) in [6.45, 7) is 13.7. The number of benzene rings is 4. The molecule has 0 unspecified atom stereocenters. The number of hydrogen-bond acceptors (Lipinski definition) is 0. The molecule has 0 heterocycles. The minimum atomic E-state index is -0.0739. The quantitative estimate of drug-likeness (QED) is 0.319. The molecule has 0 aliphatic carbocycles. The van der Waals surface area contributed by atoms with Gasteiger partial charge >= 0.3 is 0 Å². The van der Waals surface area contributed by atoms with Gasteiger partial charge in [-0.2, -0.15) is 0 Å².